The van der Waals surface area contributed by atoms with Crippen molar-refractivity contribution in [2.24, 2.45) is 130 Å². The molecule has 6 nitrogen and oxygen atoms in total. The molecule has 1 saturated heterocycles. The molecule has 0 bridgehead atoms. The molecule has 1 aromatic rings. The molecule has 0 spiro atoms. The Labute approximate surface area is 699 Å². The maximum atomic E-state index is 12.6. The van der Waals surface area contributed by atoms with Gasteiger partial charge in [-0.1, -0.05) is 344 Å². The van der Waals surface area contributed by atoms with Crippen LogP contribution in [0.3, 0.4) is 0 Å². The topological polar surface area (TPSA) is 93.1 Å². The largest absolute Gasteiger partial charge is 0.481 e. The Morgan fingerprint density at radius 2 is 0.839 bits per heavy atom. The molecule has 1 aliphatic heterocycles. The molecular weight excluding hydrogens is 1400 g/mol. The SMILES string of the molecule is C.CC(C)C(C)(C)C.CC(C)C(C)C.CC(C)C1CCC(F)(F)CC1.CC(C)C1CCC1.CC(C)C1CCOCC1.CC(C)CCC(=O)O.CC(C)CCC(F)(F)F.CC(C)CCCC(=O)O.CC(C)COC(C)(C)C.CC(C)c1ccccc1.CC1CCC(C(C)C)CC1.CC1CCCC(C(C)C)C1.CCC(C)C(C)C. The van der Waals surface area contributed by atoms with E-state index in [-0.39, 0.29) is 38.2 Å². The first kappa shape index (κ1) is 125. The highest BCUT2D eigenvalue weighted by Gasteiger charge is 2.36. The minimum absolute atomic E-state index is 0. The van der Waals surface area contributed by atoms with E-state index in [9.17, 15) is 31.5 Å². The lowest BCUT2D eigenvalue weighted by atomic mass is 9.77. The summed E-state index contributed by atoms with van der Waals surface area (Å²) in [7, 11) is 0. The van der Waals surface area contributed by atoms with Gasteiger partial charge in [0.2, 0.25) is 5.92 Å². The summed E-state index contributed by atoms with van der Waals surface area (Å²) < 4.78 is 70.3. The van der Waals surface area contributed by atoms with E-state index in [2.05, 4.69) is 260 Å². The molecule has 5 aliphatic rings. The lowest BCUT2D eigenvalue weighted by Gasteiger charge is -2.30. The van der Waals surface area contributed by atoms with Crippen LogP contribution in [0, 0.1) is 130 Å². The summed E-state index contributed by atoms with van der Waals surface area (Å²) in [6.45, 7) is 86.7. The average molecular weight is 1610 g/mol. The number of hydrogen-bond acceptors (Lipinski definition) is 4. The van der Waals surface area contributed by atoms with Gasteiger partial charge in [-0.25, -0.2) is 8.78 Å². The van der Waals surface area contributed by atoms with Crippen LogP contribution >= 0.6 is 0 Å². The molecule has 3 atom stereocenters. The number of halogens is 5. The van der Waals surface area contributed by atoms with E-state index in [4.69, 9.17) is 19.7 Å². The van der Waals surface area contributed by atoms with E-state index >= 15 is 0 Å². The van der Waals surface area contributed by atoms with Crippen LogP contribution in [-0.2, 0) is 19.1 Å². The van der Waals surface area contributed by atoms with E-state index < -0.39 is 30.5 Å². The van der Waals surface area contributed by atoms with Gasteiger partial charge in [-0.3, -0.25) is 9.59 Å². The predicted molar refractivity (Wildman–Crippen MR) is 488 cm³/mol. The van der Waals surface area contributed by atoms with E-state index in [0.717, 1.165) is 128 Å². The number of rotatable bonds is 20. The van der Waals surface area contributed by atoms with Crippen molar-refractivity contribution < 1.29 is 51.2 Å². The highest BCUT2D eigenvalue weighted by Crippen LogP contribution is 2.39. The van der Waals surface area contributed by atoms with Crippen molar-refractivity contribution in [3.63, 3.8) is 0 Å². The van der Waals surface area contributed by atoms with Crippen LogP contribution in [0.25, 0.3) is 0 Å². The first-order valence-electron chi connectivity index (χ1n) is 45.8. The molecule has 4 aliphatic carbocycles. The van der Waals surface area contributed by atoms with Gasteiger partial charge in [0.1, 0.15) is 0 Å². The van der Waals surface area contributed by atoms with Crippen molar-refractivity contribution in [1.29, 1.82) is 0 Å². The molecule has 2 N–H and O–H groups in total. The fourth-order valence-electron chi connectivity index (χ4n) is 11.5. The van der Waals surface area contributed by atoms with Crippen molar-refractivity contribution in [2.75, 3.05) is 19.8 Å². The predicted octanol–water partition coefficient (Wildman–Crippen LogP) is 34.9. The van der Waals surface area contributed by atoms with Crippen LogP contribution in [0.4, 0.5) is 22.0 Å². The quantitative estimate of drug-likeness (QED) is 0.126. The van der Waals surface area contributed by atoms with Crippen molar-refractivity contribution >= 4 is 11.9 Å². The van der Waals surface area contributed by atoms with E-state index in [1.54, 1.807) is 13.8 Å². The maximum Gasteiger partial charge on any atom is 0.389 e. The van der Waals surface area contributed by atoms with Crippen LogP contribution in [0.2, 0.25) is 0 Å². The second-order valence-electron chi connectivity index (χ2n) is 41.2. The summed E-state index contributed by atoms with van der Waals surface area (Å²) in [4.78, 5) is 19.9. The highest BCUT2D eigenvalue weighted by atomic mass is 19.4. The van der Waals surface area contributed by atoms with Gasteiger partial charge in [-0.05, 0) is 226 Å². The Kier molecular flexibility index (Phi) is 81.4. The van der Waals surface area contributed by atoms with Gasteiger partial charge in [0.05, 0.1) is 5.60 Å². The Balaban J connectivity index is -0.000000175. The first-order chi connectivity index (χ1) is 50.7. The van der Waals surface area contributed by atoms with Gasteiger partial charge in [-0.2, -0.15) is 13.2 Å². The number of hydrogen-bond donors (Lipinski definition) is 2. The molecule has 112 heavy (non-hydrogen) atoms. The third-order valence-electron chi connectivity index (χ3n) is 23.2. The van der Waals surface area contributed by atoms with E-state index in [1.807, 2.05) is 19.9 Å². The number of alkyl halides is 5. The monoisotopic (exact) mass is 1610 g/mol. The van der Waals surface area contributed by atoms with Crippen LogP contribution in [-0.4, -0.2) is 59.7 Å². The summed E-state index contributed by atoms with van der Waals surface area (Å²) in [5.74, 6) is 14.0. The highest BCUT2D eigenvalue weighted by molar-refractivity contribution is 5.66. The molecule has 678 valence electrons. The lowest BCUT2D eigenvalue weighted by molar-refractivity contribution is -0.138. The van der Waals surface area contributed by atoms with Gasteiger partial charge in [-0.15, -0.1) is 0 Å². The lowest BCUT2D eigenvalue weighted by Crippen LogP contribution is -2.26. The normalized spacial score (nSPS) is 18.7. The molecule has 1 aromatic carbocycles. The third kappa shape index (κ3) is 93.2. The van der Waals surface area contributed by atoms with Gasteiger partial charge >= 0.3 is 18.1 Å². The Bertz CT molecular complexity index is 2080. The fourth-order valence-corrected chi connectivity index (χ4v) is 11.5. The second kappa shape index (κ2) is 72.7. The van der Waals surface area contributed by atoms with Crippen molar-refractivity contribution in [3.8, 4) is 0 Å². The van der Waals surface area contributed by atoms with E-state index in [1.165, 1.54) is 95.5 Å². The van der Waals surface area contributed by atoms with Crippen molar-refractivity contribution in [1.82, 2.24) is 0 Å². The standard InChI is InChI=1S/2C10H20.C9H16F2.C9H12.C8H16O.C8H18O.C7H14O2.C7H14.2C7H16.C6H11F3.C6H12O2.C6H14.CH4/c1-8(2)10-6-4-9(3)5-7-10;1-8(2)10-6-4-5-9(3)7-10;1-7(2)8-3-5-9(10,11)6-4-8;1-8(2)9-6-4-3-5-7-9;1-7(2)8-3-5-9-6-4-8;1-7(2)6-9-8(3,4)5;1-6(2)4-3-5-7(8)9;1-6(2)7-4-3-5-7;1-6(2)7(3,4)5;1-5-7(4)6(2)3;1-5(2)3-4-6(7,8)9;1-5(2)3-4-6(7)8;1-5(2)6(3)4;/h2*8-10H,4-7H2,1-3H3;7-8H,3-6H2,1-2H3;3-8H,1-2H3;7-8H,3-6H2,1-2H3;7H,6H2,1-5H3;6H,3-5H2,1-2H3,(H,8,9);6-7H,3-5H2,1-2H3;6H,1-5H3;6-7H,5H2,1-4H3;5H,3-4H2,1-2H3;5H,3-4H2,1-2H3,(H,7,8);5-6H,1-4H3;1H4. The summed E-state index contributed by atoms with van der Waals surface area (Å²) in [5, 5.41) is 16.4. The van der Waals surface area contributed by atoms with Crippen LogP contribution in [0.15, 0.2) is 30.3 Å². The number of ether oxygens (including phenoxy) is 2. The minimum atomic E-state index is -3.97. The van der Waals surface area contributed by atoms with Gasteiger partial charge in [0.15, 0.2) is 0 Å². The van der Waals surface area contributed by atoms with Gasteiger partial charge in [0, 0.05) is 51.9 Å². The Hall–Kier alpha value is -2.27. The molecule has 4 saturated carbocycles. The van der Waals surface area contributed by atoms with Crippen molar-refractivity contribution in [2.45, 2.75) is 455 Å². The van der Waals surface area contributed by atoms with Crippen LogP contribution in [0.5, 0.6) is 0 Å². The molecule has 6 rings (SSSR count). The zero-order valence-electron chi connectivity index (χ0n) is 81.3. The number of benzene rings is 1. The second-order valence-corrected chi connectivity index (χ2v) is 41.2. The number of aliphatic carboxylic acids is 2. The Morgan fingerprint density at radius 3 is 1.05 bits per heavy atom. The van der Waals surface area contributed by atoms with Crippen LogP contribution < -0.4 is 0 Å². The van der Waals surface area contributed by atoms with Crippen LogP contribution in [0.1, 0.15) is 443 Å². The molecule has 0 amide bonds. The molecule has 5 fully saturated rings. The smallest absolute Gasteiger partial charge is 0.389 e. The summed E-state index contributed by atoms with van der Waals surface area (Å²) in [6, 6.07) is 10.5. The minimum Gasteiger partial charge on any atom is -0.481 e. The van der Waals surface area contributed by atoms with Crippen molar-refractivity contribution in [3.05, 3.63) is 35.9 Å². The number of carboxylic acid groups (broad SMARTS) is 2. The summed E-state index contributed by atoms with van der Waals surface area (Å²) in [5.41, 5.74) is 1.95. The van der Waals surface area contributed by atoms with E-state index in [0.29, 0.717) is 66.6 Å². The average Bonchev–Trinajstić information content (AvgIpc) is 0.867. The number of carbonyl (C=O) groups is 2. The molecule has 1 heterocycles. The fraction of sp³-hybridized carbons (Fsp3) is 0.921. The first-order valence-corrected chi connectivity index (χ1v) is 45.8. The summed E-state index contributed by atoms with van der Waals surface area (Å²) >= 11 is 0. The summed E-state index contributed by atoms with van der Waals surface area (Å²) in [6.07, 6.45) is 20.7. The zero-order chi connectivity index (χ0) is 88.2. The Morgan fingerprint density at radius 1 is 0.473 bits per heavy atom. The molecular formula is C101H203F5O6. The third-order valence-corrected chi connectivity index (χ3v) is 23.2. The molecule has 0 radical (unpaired) electrons. The van der Waals surface area contributed by atoms with Gasteiger partial charge < -0.3 is 19.7 Å². The number of carboxylic acids is 2. The molecule has 11 heteroatoms. The zero-order valence-corrected chi connectivity index (χ0v) is 81.3. The maximum absolute atomic E-state index is 12.6. The van der Waals surface area contributed by atoms with Gasteiger partial charge in [0.25, 0.3) is 0 Å². The molecule has 0 aromatic heterocycles. The molecule has 3 unspecified atom stereocenters.